The maximum atomic E-state index is 13.3. The van der Waals surface area contributed by atoms with Crippen LogP contribution in [0.1, 0.15) is 17.0 Å². The van der Waals surface area contributed by atoms with Crippen molar-refractivity contribution in [1.82, 2.24) is 9.88 Å². The highest BCUT2D eigenvalue weighted by Gasteiger charge is 2.37. The van der Waals surface area contributed by atoms with E-state index in [1.165, 1.54) is 18.2 Å². The zero-order valence-electron chi connectivity index (χ0n) is 18.7. The summed E-state index contributed by atoms with van der Waals surface area (Å²) in [6.45, 7) is 3.83. The van der Waals surface area contributed by atoms with Crippen molar-refractivity contribution in [2.24, 2.45) is 0 Å². The molecule has 1 aliphatic heterocycles. The lowest BCUT2D eigenvalue weighted by atomic mass is 10.1. The molecule has 2 heterocycles. The third-order valence-corrected chi connectivity index (χ3v) is 5.58. The van der Waals surface area contributed by atoms with E-state index in [0.29, 0.717) is 5.56 Å². The maximum absolute atomic E-state index is 13.3. The number of benzene rings is 2. The fraction of sp³-hybridized carbons (Fsp3) is 0.160. The van der Waals surface area contributed by atoms with Gasteiger partial charge in [-0.15, -0.1) is 0 Å². The number of halogens is 1. The van der Waals surface area contributed by atoms with Crippen LogP contribution in [0.3, 0.4) is 0 Å². The number of imide groups is 2. The number of hydrogen-bond acceptors (Lipinski definition) is 4. The Labute approximate surface area is 190 Å². The zero-order valence-corrected chi connectivity index (χ0v) is 18.7. The minimum Gasteiger partial charge on any atom is -0.378 e. The van der Waals surface area contributed by atoms with Crippen molar-refractivity contribution in [2.75, 3.05) is 23.9 Å². The number of carbonyl (C=O) groups is 3. The van der Waals surface area contributed by atoms with Crippen molar-refractivity contribution in [3.8, 4) is 5.69 Å². The Balaban J connectivity index is 1.72. The molecule has 0 unspecified atom stereocenters. The monoisotopic (exact) mass is 446 g/mol. The van der Waals surface area contributed by atoms with Gasteiger partial charge in [-0.3, -0.25) is 14.9 Å². The van der Waals surface area contributed by atoms with Crippen LogP contribution >= 0.6 is 0 Å². The van der Waals surface area contributed by atoms with Gasteiger partial charge in [0.2, 0.25) is 0 Å². The molecule has 2 aromatic carbocycles. The van der Waals surface area contributed by atoms with Crippen molar-refractivity contribution in [3.63, 3.8) is 0 Å². The van der Waals surface area contributed by atoms with E-state index in [4.69, 9.17) is 0 Å². The van der Waals surface area contributed by atoms with E-state index in [1.54, 1.807) is 0 Å². The van der Waals surface area contributed by atoms with E-state index in [9.17, 15) is 18.8 Å². The van der Waals surface area contributed by atoms with Crippen molar-refractivity contribution in [2.45, 2.75) is 13.8 Å². The molecule has 1 aromatic heterocycles. The molecule has 0 aliphatic carbocycles. The van der Waals surface area contributed by atoms with Crippen LogP contribution in [-0.2, 0) is 9.59 Å². The standard InChI is InChI=1S/C25H23FN4O3/c1-15-13-17(16(2)29(15)20-11-9-19(10-12-20)28(3)4)14-22-23(31)27-25(33)30(24(22)32)21-7-5-18(26)6-8-21/h5-14H,1-4H3,(H,27,31,33). The van der Waals surface area contributed by atoms with Gasteiger partial charge in [-0.2, -0.15) is 0 Å². The van der Waals surface area contributed by atoms with Gasteiger partial charge < -0.3 is 9.47 Å². The highest BCUT2D eigenvalue weighted by atomic mass is 19.1. The number of nitrogens with one attached hydrogen (secondary N) is 1. The van der Waals surface area contributed by atoms with Crippen LogP contribution in [0.25, 0.3) is 11.8 Å². The SMILES string of the molecule is Cc1cc(C=C2C(=O)NC(=O)N(c3ccc(F)cc3)C2=O)c(C)n1-c1ccc(N(C)C)cc1. The Morgan fingerprint density at radius 2 is 1.52 bits per heavy atom. The van der Waals surface area contributed by atoms with Crippen LogP contribution in [0.5, 0.6) is 0 Å². The first-order chi connectivity index (χ1) is 15.7. The number of aromatic nitrogens is 1. The minimum atomic E-state index is -0.875. The molecule has 168 valence electrons. The summed E-state index contributed by atoms with van der Waals surface area (Å²) in [4.78, 5) is 40.8. The average Bonchev–Trinajstić information content (AvgIpc) is 3.05. The molecule has 3 aromatic rings. The summed E-state index contributed by atoms with van der Waals surface area (Å²) in [5.41, 5.74) is 4.44. The number of amides is 4. The number of rotatable bonds is 4. The van der Waals surface area contributed by atoms with Crippen molar-refractivity contribution < 1.29 is 18.8 Å². The predicted molar refractivity (Wildman–Crippen MR) is 125 cm³/mol. The quantitative estimate of drug-likeness (QED) is 0.486. The Kier molecular flexibility index (Phi) is 5.59. The Hall–Kier alpha value is -4.20. The lowest BCUT2D eigenvalue weighted by Gasteiger charge is -2.26. The number of anilines is 2. The second kappa shape index (κ2) is 8.38. The van der Waals surface area contributed by atoms with Gasteiger partial charge in [0.25, 0.3) is 11.8 Å². The first-order valence-corrected chi connectivity index (χ1v) is 10.3. The molecule has 1 aliphatic rings. The summed E-state index contributed by atoms with van der Waals surface area (Å²) < 4.78 is 15.3. The molecule has 1 fully saturated rings. The molecule has 4 rings (SSSR count). The lowest BCUT2D eigenvalue weighted by molar-refractivity contribution is -0.122. The third-order valence-electron chi connectivity index (χ3n) is 5.58. The topological polar surface area (TPSA) is 74.6 Å². The Morgan fingerprint density at radius 3 is 2.12 bits per heavy atom. The van der Waals surface area contributed by atoms with Gasteiger partial charge in [0, 0.05) is 36.9 Å². The zero-order chi connectivity index (χ0) is 23.9. The molecule has 8 heteroatoms. The molecule has 0 bridgehead atoms. The molecule has 0 atom stereocenters. The van der Waals surface area contributed by atoms with Crippen molar-refractivity contribution >= 4 is 35.3 Å². The fourth-order valence-electron chi connectivity index (χ4n) is 3.87. The molecule has 1 saturated heterocycles. The van der Waals surface area contributed by atoms with E-state index in [2.05, 4.69) is 5.32 Å². The van der Waals surface area contributed by atoms with E-state index in [1.807, 2.05) is 67.7 Å². The number of aryl methyl sites for hydroxylation is 1. The van der Waals surface area contributed by atoms with E-state index in [-0.39, 0.29) is 11.3 Å². The average molecular weight is 446 g/mol. The maximum Gasteiger partial charge on any atom is 0.335 e. The highest BCUT2D eigenvalue weighted by Crippen LogP contribution is 2.27. The molecular formula is C25H23FN4O3. The van der Waals surface area contributed by atoms with Gasteiger partial charge in [0.1, 0.15) is 11.4 Å². The van der Waals surface area contributed by atoms with E-state index >= 15 is 0 Å². The normalized spacial score (nSPS) is 15.2. The summed E-state index contributed by atoms with van der Waals surface area (Å²) in [6.07, 6.45) is 1.48. The first-order valence-electron chi connectivity index (χ1n) is 10.3. The van der Waals surface area contributed by atoms with E-state index in [0.717, 1.165) is 39.8 Å². The molecule has 4 amide bonds. The predicted octanol–water partition coefficient (Wildman–Crippen LogP) is 3.97. The van der Waals surface area contributed by atoms with Gasteiger partial charge in [-0.05, 0) is 80.1 Å². The molecule has 33 heavy (non-hydrogen) atoms. The number of hydrogen-bond donors (Lipinski definition) is 1. The van der Waals surface area contributed by atoms with Crippen LogP contribution in [0.4, 0.5) is 20.6 Å². The van der Waals surface area contributed by atoms with Crippen LogP contribution in [0, 0.1) is 19.7 Å². The largest absolute Gasteiger partial charge is 0.378 e. The summed E-state index contributed by atoms with van der Waals surface area (Å²) in [5.74, 6) is -2.04. The summed E-state index contributed by atoms with van der Waals surface area (Å²) in [7, 11) is 3.94. The summed E-state index contributed by atoms with van der Waals surface area (Å²) >= 11 is 0. The third kappa shape index (κ3) is 4.03. The van der Waals surface area contributed by atoms with E-state index < -0.39 is 23.7 Å². The fourth-order valence-corrected chi connectivity index (χ4v) is 3.87. The van der Waals surface area contributed by atoms with Crippen LogP contribution in [0.2, 0.25) is 0 Å². The van der Waals surface area contributed by atoms with Gasteiger partial charge in [-0.1, -0.05) is 0 Å². The number of barbiturate groups is 1. The molecule has 0 saturated carbocycles. The Morgan fingerprint density at radius 1 is 0.909 bits per heavy atom. The first kappa shape index (κ1) is 22.0. The second-order valence-electron chi connectivity index (χ2n) is 8.01. The van der Waals surface area contributed by atoms with Crippen molar-refractivity contribution in [1.29, 1.82) is 0 Å². The van der Waals surface area contributed by atoms with Gasteiger partial charge in [0.05, 0.1) is 5.69 Å². The number of urea groups is 1. The summed E-state index contributed by atoms with van der Waals surface area (Å²) in [6, 6.07) is 13.9. The molecule has 7 nitrogen and oxygen atoms in total. The van der Waals surface area contributed by atoms with Crippen LogP contribution < -0.4 is 15.1 Å². The van der Waals surface area contributed by atoms with Gasteiger partial charge >= 0.3 is 6.03 Å². The van der Waals surface area contributed by atoms with Crippen LogP contribution in [-0.4, -0.2) is 36.5 Å². The van der Waals surface area contributed by atoms with Gasteiger partial charge in [0.15, 0.2) is 0 Å². The molecule has 0 radical (unpaired) electrons. The summed E-state index contributed by atoms with van der Waals surface area (Å²) in [5, 5.41) is 2.19. The lowest BCUT2D eigenvalue weighted by Crippen LogP contribution is -2.54. The van der Waals surface area contributed by atoms with Gasteiger partial charge in [-0.25, -0.2) is 14.1 Å². The Bertz CT molecular complexity index is 1290. The highest BCUT2D eigenvalue weighted by molar-refractivity contribution is 6.39. The second-order valence-corrected chi connectivity index (χ2v) is 8.01. The molecular weight excluding hydrogens is 423 g/mol. The smallest absolute Gasteiger partial charge is 0.335 e. The molecule has 1 N–H and O–H groups in total. The van der Waals surface area contributed by atoms with Crippen molar-refractivity contribution in [3.05, 3.63) is 82.9 Å². The van der Waals surface area contributed by atoms with Crippen LogP contribution in [0.15, 0.2) is 60.2 Å². The molecule has 0 spiro atoms. The number of nitrogens with zero attached hydrogens (tertiary/aromatic N) is 3. The number of carbonyl (C=O) groups excluding carboxylic acids is 3. The minimum absolute atomic E-state index is 0.170.